The number of rotatable bonds is 8. The van der Waals surface area contributed by atoms with Gasteiger partial charge in [0.1, 0.15) is 5.69 Å². The third-order valence-electron chi connectivity index (χ3n) is 3.32. The monoisotopic (exact) mass is 283 g/mol. The Morgan fingerprint density at radius 2 is 1.90 bits per heavy atom. The molecule has 0 aliphatic heterocycles. The quantitative estimate of drug-likeness (QED) is 0.547. The zero-order valence-corrected chi connectivity index (χ0v) is 12.4. The number of hydrogen-bond donors (Lipinski definition) is 0. The van der Waals surface area contributed by atoms with E-state index in [-0.39, 0.29) is 0 Å². The number of aryl methyl sites for hydroxylation is 2. The zero-order chi connectivity index (χ0) is 14.9. The molecule has 0 bridgehead atoms. The lowest BCUT2D eigenvalue weighted by Crippen LogP contribution is -2.00. The molecule has 110 valence electrons. The van der Waals surface area contributed by atoms with Crippen LogP contribution in [0.15, 0.2) is 42.5 Å². The molecule has 0 aliphatic rings. The minimum atomic E-state index is 0.454. The van der Waals surface area contributed by atoms with Crippen LogP contribution in [0.5, 0.6) is 0 Å². The molecule has 0 spiro atoms. The van der Waals surface area contributed by atoms with Crippen LogP contribution in [0.1, 0.15) is 40.2 Å². The first-order valence-electron chi connectivity index (χ1n) is 7.32. The van der Waals surface area contributed by atoms with E-state index in [1.807, 2.05) is 12.1 Å². The summed E-state index contributed by atoms with van der Waals surface area (Å²) < 4.78 is 5.60. The molecule has 21 heavy (non-hydrogen) atoms. The number of benzene rings is 1. The van der Waals surface area contributed by atoms with Crippen LogP contribution < -0.4 is 0 Å². The van der Waals surface area contributed by atoms with E-state index < -0.39 is 0 Å². The van der Waals surface area contributed by atoms with Crippen molar-refractivity contribution in [2.24, 2.45) is 0 Å². The van der Waals surface area contributed by atoms with E-state index >= 15 is 0 Å². The van der Waals surface area contributed by atoms with Gasteiger partial charge in [0.05, 0.1) is 12.3 Å². The fraction of sp³-hybridized carbons (Fsp3) is 0.333. The minimum Gasteiger partial charge on any atom is -0.375 e. The summed E-state index contributed by atoms with van der Waals surface area (Å²) in [5.41, 5.74) is 3.93. The normalized spacial score (nSPS) is 10.5. The molecule has 2 aromatic rings. The summed E-state index contributed by atoms with van der Waals surface area (Å²) in [6, 6.07) is 14.1. The van der Waals surface area contributed by atoms with Crippen molar-refractivity contribution in [1.82, 2.24) is 4.98 Å². The van der Waals surface area contributed by atoms with Gasteiger partial charge in [-0.1, -0.05) is 35.9 Å². The standard InChI is InChI=1S/C18H21NO2/c1-15-8-10-16(11-9-15)5-2-3-12-21-14-18-7-4-6-17(13-20)19-18/h4,6-11,13H,2-3,5,12,14H2,1H3. The second kappa shape index (κ2) is 8.32. The SMILES string of the molecule is Cc1ccc(CCCCOCc2cccc(C=O)n2)cc1. The molecule has 1 aromatic carbocycles. The maximum Gasteiger partial charge on any atom is 0.168 e. The lowest BCUT2D eigenvalue weighted by Gasteiger charge is -2.05. The summed E-state index contributed by atoms with van der Waals surface area (Å²) in [6.07, 6.45) is 3.99. The molecule has 0 saturated heterocycles. The lowest BCUT2D eigenvalue weighted by molar-refractivity contribution is 0.110. The third-order valence-corrected chi connectivity index (χ3v) is 3.32. The highest BCUT2D eigenvalue weighted by atomic mass is 16.5. The molecule has 0 atom stereocenters. The highest BCUT2D eigenvalue weighted by Crippen LogP contribution is 2.07. The van der Waals surface area contributed by atoms with Crippen LogP contribution in [-0.4, -0.2) is 17.9 Å². The zero-order valence-electron chi connectivity index (χ0n) is 12.4. The number of hydrogen-bond acceptors (Lipinski definition) is 3. The predicted molar refractivity (Wildman–Crippen MR) is 83.4 cm³/mol. The largest absolute Gasteiger partial charge is 0.375 e. The maximum absolute atomic E-state index is 10.6. The highest BCUT2D eigenvalue weighted by molar-refractivity contribution is 5.71. The van der Waals surface area contributed by atoms with Gasteiger partial charge < -0.3 is 4.74 Å². The molecule has 3 nitrogen and oxygen atoms in total. The van der Waals surface area contributed by atoms with Crippen molar-refractivity contribution < 1.29 is 9.53 Å². The number of aromatic nitrogens is 1. The Balaban J connectivity index is 1.61. The van der Waals surface area contributed by atoms with Gasteiger partial charge in [0.15, 0.2) is 6.29 Å². The summed E-state index contributed by atoms with van der Waals surface area (Å²) in [6.45, 7) is 3.29. The summed E-state index contributed by atoms with van der Waals surface area (Å²) in [5.74, 6) is 0. The van der Waals surface area contributed by atoms with Gasteiger partial charge >= 0.3 is 0 Å². The first kappa shape index (κ1) is 15.4. The van der Waals surface area contributed by atoms with Crippen LogP contribution in [0.4, 0.5) is 0 Å². The first-order valence-corrected chi connectivity index (χ1v) is 7.32. The number of pyridine rings is 1. The van der Waals surface area contributed by atoms with Crippen molar-refractivity contribution in [3.8, 4) is 0 Å². The summed E-state index contributed by atoms with van der Waals surface area (Å²) >= 11 is 0. The molecule has 1 aromatic heterocycles. The number of unbranched alkanes of at least 4 members (excludes halogenated alkanes) is 1. The van der Waals surface area contributed by atoms with Crippen molar-refractivity contribution >= 4 is 6.29 Å². The van der Waals surface area contributed by atoms with Gasteiger partial charge in [0.2, 0.25) is 0 Å². The second-order valence-electron chi connectivity index (χ2n) is 5.17. The van der Waals surface area contributed by atoms with Crippen molar-refractivity contribution in [3.63, 3.8) is 0 Å². The van der Waals surface area contributed by atoms with E-state index in [4.69, 9.17) is 4.74 Å². The molecule has 0 aliphatic carbocycles. The molecule has 1 heterocycles. The van der Waals surface area contributed by atoms with Crippen LogP contribution in [0.2, 0.25) is 0 Å². The van der Waals surface area contributed by atoms with Gasteiger partial charge in [0.25, 0.3) is 0 Å². The third kappa shape index (κ3) is 5.48. The highest BCUT2D eigenvalue weighted by Gasteiger charge is 1.98. The van der Waals surface area contributed by atoms with Crippen LogP contribution in [0.25, 0.3) is 0 Å². The number of carbonyl (C=O) groups excluding carboxylic acids is 1. The summed E-state index contributed by atoms with van der Waals surface area (Å²) in [7, 11) is 0. The van der Waals surface area contributed by atoms with Crippen molar-refractivity contribution in [2.45, 2.75) is 32.8 Å². The van der Waals surface area contributed by atoms with E-state index in [0.717, 1.165) is 37.8 Å². The molecule has 3 heteroatoms. The van der Waals surface area contributed by atoms with Crippen LogP contribution in [-0.2, 0) is 17.8 Å². The lowest BCUT2D eigenvalue weighted by atomic mass is 10.1. The molecule has 0 amide bonds. The second-order valence-corrected chi connectivity index (χ2v) is 5.17. The maximum atomic E-state index is 10.6. The molecule has 0 unspecified atom stereocenters. The predicted octanol–water partition coefficient (Wildman–Crippen LogP) is 3.74. The van der Waals surface area contributed by atoms with E-state index in [0.29, 0.717) is 12.3 Å². The topological polar surface area (TPSA) is 39.2 Å². The van der Waals surface area contributed by atoms with Gasteiger partial charge in [-0.05, 0) is 43.9 Å². The molecule has 0 N–H and O–H groups in total. The smallest absolute Gasteiger partial charge is 0.168 e. The number of nitrogens with zero attached hydrogens (tertiary/aromatic N) is 1. The van der Waals surface area contributed by atoms with Gasteiger partial charge in [-0.15, -0.1) is 0 Å². The van der Waals surface area contributed by atoms with Gasteiger partial charge in [-0.25, -0.2) is 4.98 Å². The average molecular weight is 283 g/mol. The van der Waals surface area contributed by atoms with Crippen LogP contribution in [0.3, 0.4) is 0 Å². The fourth-order valence-electron chi connectivity index (χ4n) is 2.11. The van der Waals surface area contributed by atoms with Crippen molar-refractivity contribution in [3.05, 3.63) is 65.0 Å². The van der Waals surface area contributed by atoms with Gasteiger partial charge in [-0.3, -0.25) is 4.79 Å². The van der Waals surface area contributed by atoms with Crippen LogP contribution >= 0.6 is 0 Å². The van der Waals surface area contributed by atoms with E-state index in [2.05, 4.69) is 36.2 Å². The molecular formula is C18H21NO2. The molecule has 0 radical (unpaired) electrons. The van der Waals surface area contributed by atoms with Gasteiger partial charge in [0, 0.05) is 6.61 Å². The van der Waals surface area contributed by atoms with Crippen molar-refractivity contribution in [1.29, 1.82) is 0 Å². The summed E-state index contributed by atoms with van der Waals surface area (Å²) in [4.78, 5) is 14.8. The summed E-state index contributed by atoms with van der Waals surface area (Å²) in [5, 5.41) is 0. The molecule has 0 fully saturated rings. The Hall–Kier alpha value is -2.00. The van der Waals surface area contributed by atoms with Gasteiger partial charge in [-0.2, -0.15) is 0 Å². The molecular weight excluding hydrogens is 262 g/mol. The molecule has 2 rings (SSSR count). The Kier molecular flexibility index (Phi) is 6.10. The average Bonchev–Trinajstić information content (AvgIpc) is 2.52. The Labute approximate surface area is 126 Å². The van der Waals surface area contributed by atoms with Crippen molar-refractivity contribution in [2.75, 3.05) is 6.61 Å². The van der Waals surface area contributed by atoms with Crippen LogP contribution in [0, 0.1) is 6.92 Å². The number of aldehydes is 1. The van der Waals surface area contributed by atoms with E-state index in [1.54, 1.807) is 6.07 Å². The number of ether oxygens (including phenoxy) is 1. The Morgan fingerprint density at radius 3 is 2.67 bits per heavy atom. The fourth-order valence-corrected chi connectivity index (χ4v) is 2.11. The minimum absolute atomic E-state index is 0.454. The van der Waals surface area contributed by atoms with E-state index in [9.17, 15) is 4.79 Å². The van der Waals surface area contributed by atoms with E-state index in [1.165, 1.54) is 11.1 Å². The number of carbonyl (C=O) groups is 1. The Bertz CT molecular complexity index is 564. The first-order chi connectivity index (χ1) is 10.3. The Morgan fingerprint density at radius 1 is 1.10 bits per heavy atom. The molecule has 0 saturated carbocycles.